The molecule has 1 aliphatic rings. The molecule has 12 nitrogen and oxygen atoms in total. The molecule has 3 rings (SSSR count). The average molecular weight is 543 g/mol. The molecular formula is C27H38N6O6. The highest BCUT2D eigenvalue weighted by Gasteiger charge is 2.30. The lowest BCUT2D eigenvalue weighted by molar-refractivity contribution is -0.132. The number of rotatable bonds is 8. The van der Waals surface area contributed by atoms with Crippen LogP contribution in [0.3, 0.4) is 0 Å². The lowest BCUT2D eigenvalue weighted by atomic mass is 9.95. The Morgan fingerprint density at radius 2 is 1.56 bits per heavy atom. The lowest BCUT2D eigenvalue weighted by Crippen LogP contribution is -2.57. The van der Waals surface area contributed by atoms with Crippen molar-refractivity contribution in [3.8, 4) is 22.6 Å². The van der Waals surface area contributed by atoms with Crippen molar-refractivity contribution in [1.29, 1.82) is 0 Å². The van der Waals surface area contributed by atoms with Crippen molar-refractivity contribution in [2.45, 2.75) is 56.3 Å². The normalized spacial score (nSPS) is 20.7. The summed E-state index contributed by atoms with van der Waals surface area (Å²) in [4.78, 5) is 39.6. The number of hydrogen-bond acceptors (Lipinski definition) is 9. The van der Waals surface area contributed by atoms with Gasteiger partial charge in [0.1, 0.15) is 23.6 Å². The van der Waals surface area contributed by atoms with Gasteiger partial charge in [0.2, 0.25) is 17.7 Å². The average Bonchev–Trinajstić information content (AvgIpc) is 2.91. The molecule has 39 heavy (non-hydrogen) atoms. The number of benzene rings is 2. The van der Waals surface area contributed by atoms with E-state index in [4.69, 9.17) is 17.2 Å². The first-order valence-electron chi connectivity index (χ1n) is 13.0. The topological polar surface area (TPSA) is 226 Å². The van der Waals surface area contributed by atoms with E-state index in [1.165, 1.54) is 12.1 Å². The van der Waals surface area contributed by atoms with E-state index in [1.807, 2.05) is 0 Å². The van der Waals surface area contributed by atoms with E-state index in [0.29, 0.717) is 35.1 Å². The van der Waals surface area contributed by atoms with Gasteiger partial charge in [-0.05, 0) is 78.9 Å². The molecule has 0 fully saturated rings. The summed E-state index contributed by atoms with van der Waals surface area (Å²) in [7, 11) is 0. The Kier molecular flexibility index (Phi) is 10.6. The number of carbonyl (C=O) groups excluding carboxylic acids is 3. The number of aliphatic hydroxyl groups is 1. The summed E-state index contributed by atoms with van der Waals surface area (Å²) in [5, 5.41) is 38.7. The van der Waals surface area contributed by atoms with Crippen LogP contribution in [-0.2, 0) is 27.2 Å². The minimum atomic E-state index is -1.16. The molecule has 1 aliphatic heterocycles. The largest absolute Gasteiger partial charge is 0.508 e. The van der Waals surface area contributed by atoms with Crippen molar-refractivity contribution in [3.63, 3.8) is 0 Å². The van der Waals surface area contributed by atoms with Crippen molar-refractivity contribution in [2.75, 3.05) is 19.7 Å². The second-order valence-corrected chi connectivity index (χ2v) is 9.72. The number of aliphatic hydroxyl groups excluding tert-OH is 1. The minimum absolute atomic E-state index is 0.0103. The monoisotopic (exact) mass is 542 g/mol. The molecule has 0 unspecified atom stereocenters. The minimum Gasteiger partial charge on any atom is -0.508 e. The van der Waals surface area contributed by atoms with Crippen molar-refractivity contribution in [3.05, 3.63) is 47.5 Å². The molecule has 12 heteroatoms. The van der Waals surface area contributed by atoms with E-state index in [-0.39, 0.29) is 50.5 Å². The second-order valence-electron chi connectivity index (χ2n) is 9.72. The van der Waals surface area contributed by atoms with Gasteiger partial charge in [0.05, 0.1) is 18.7 Å². The molecule has 212 valence electrons. The van der Waals surface area contributed by atoms with Crippen LogP contribution in [0.1, 0.15) is 30.4 Å². The Balaban J connectivity index is 2.07. The first-order valence-corrected chi connectivity index (χ1v) is 13.0. The molecule has 0 aliphatic carbocycles. The molecule has 0 aromatic heterocycles. The van der Waals surface area contributed by atoms with E-state index in [0.717, 1.165) is 0 Å². The van der Waals surface area contributed by atoms with E-state index < -0.39 is 41.9 Å². The Morgan fingerprint density at radius 3 is 2.13 bits per heavy atom. The predicted molar refractivity (Wildman–Crippen MR) is 145 cm³/mol. The summed E-state index contributed by atoms with van der Waals surface area (Å²) in [5.41, 5.74) is 19.6. The number of fused-ring (bicyclic) bond motifs is 5. The van der Waals surface area contributed by atoms with Crippen molar-refractivity contribution in [2.24, 2.45) is 17.2 Å². The number of phenolic OH excluding ortho intramolecular Hbond substituents is 2. The fourth-order valence-electron chi connectivity index (χ4n) is 4.47. The van der Waals surface area contributed by atoms with Crippen LogP contribution >= 0.6 is 0 Å². The number of hydrogen-bond donors (Lipinski definition) is 9. The third-order valence-corrected chi connectivity index (χ3v) is 6.74. The van der Waals surface area contributed by atoms with Gasteiger partial charge in [0.15, 0.2) is 0 Å². The summed E-state index contributed by atoms with van der Waals surface area (Å²) >= 11 is 0. The summed E-state index contributed by atoms with van der Waals surface area (Å²) < 4.78 is 0. The number of nitrogens with two attached hydrogens (primary N) is 3. The maximum absolute atomic E-state index is 13.4. The van der Waals surface area contributed by atoms with Gasteiger partial charge in [-0.2, -0.15) is 0 Å². The molecule has 12 N–H and O–H groups in total. The number of amides is 3. The number of phenols is 2. The highest BCUT2D eigenvalue weighted by molar-refractivity contribution is 5.93. The lowest BCUT2D eigenvalue weighted by Gasteiger charge is -2.26. The van der Waals surface area contributed by atoms with Gasteiger partial charge in [0, 0.05) is 12.8 Å². The quantitative estimate of drug-likeness (QED) is 0.193. The van der Waals surface area contributed by atoms with E-state index in [9.17, 15) is 29.7 Å². The molecule has 1 heterocycles. The van der Waals surface area contributed by atoms with Gasteiger partial charge >= 0.3 is 0 Å². The third-order valence-electron chi connectivity index (χ3n) is 6.74. The molecule has 0 spiro atoms. The number of aromatic hydroxyl groups is 2. The van der Waals surface area contributed by atoms with E-state index in [2.05, 4.69) is 16.0 Å². The van der Waals surface area contributed by atoms with Crippen LogP contribution in [0, 0.1) is 0 Å². The van der Waals surface area contributed by atoms with E-state index >= 15 is 0 Å². The van der Waals surface area contributed by atoms with Crippen LogP contribution < -0.4 is 33.2 Å². The summed E-state index contributed by atoms with van der Waals surface area (Å²) in [6, 6.07) is 5.85. The van der Waals surface area contributed by atoms with Crippen LogP contribution in [0.15, 0.2) is 36.4 Å². The van der Waals surface area contributed by atoms with Crippen LogP contribution in [0.5, 0.6) is 11.5 Å². The Hall–Kier alpha value is -3.71. The molecular weight excluding hydrogens is 504 g/mol. The second kappa shape index (κ2) is 13.9. The first-order chi connectivity index (χ1) is 18.7. The zero-order valence-corrected chi connectivity index (χ0v) is 21.7. The van der Waals surface area contributed by atoms with Gasteiger partial charge < -0.3 is 48.5 Å². The molecule has 0 saturated carbocycles. The Bertz CT molecular complexity index is 1180. The SMILES string of the molecule is NCCC[C@@H]1NC(=O)[C@@H](N)Cc2cc(ccc2O)-c2ccc(O)c(c2)C[C@@H](C(=O)N[C@H](CO)CCN)NC1=O. The van der Waals surface area contributed by atoms with Crippen LogP contribution in [0.25, 0.3) is 11.1 Å². The van der Waals surface area contributed by atoms with Gasteiger partial charge in [-0.3, -0.25) is 14.4 Å². The zero-order chi connectivity index (χ0) is 28.5. The fourth-order valence-corrected chi connectivity index (χ4v) is 4.47. The molecule has 0 saturated heterocycles. The zero-order valence-electron chi connectivity index (χ0n) is 21.7. The first kappa shape index (κ1) is 29.8. The maximum atomic E-state index is 13.4. The van der Waals surface area contributed by atoms with Crippen LogP contribution in [0.2, 0.25) is 0 Å². The molecule has 0 radical (unpaired) electrons. The van der Waals surface area contributed by atoms with Crippen molar-refractivity contribution >= 4 is 17.7 Å². The number of nitrogens with one attached hydrogen (secondary N) is 3. The molecule has 4 atom stereocenters. The highest BCUT2D eigenvalue weighted by Crippen LogP contribution is 2.30. The molecule has 2 aromatic carbocycles. The van der Waals surface area contributed by atoms with Crippen molar-refractivity contribution in [1.82, 2.24) is 16.0 Å². The van der Waals surface area contributed by atoms with Gasteiger partial charge in [-0.15, -0.1) is 0 Å². The third kappa shape index (κ3) is 7.90. The molecule has 3 amide bonds. The Labute approximate surface area is 226 Å². The standard InChI is InChI=1S/C27H38N6O6/c28-8-1-2-21-26(38)33-22(27(39)31-19(14-34)7-9-29)13-18-11-16(4-6-24(18)36)15-3-5-23(35)17(10-15)12-20(30)25(37)32-21/h3-6,10-11,19-22,34-36H,1-2,7-9,12-14,28-30H2,(H,31,39)(H,32,37)(H,33,38)/t19-,20-,21-,22-/m0/s1. The summed E-state index contributed by atoms with van der Waals surface area (Å²) in [5.74, 6) is -1.93. The molecule has 4 bridgehead atoms. The fraction of sp³-hybridized carbons (Fsp3) is 0.444. The predicted octanol–water partition coefficient (Wildman–Crippen LogP) is -1.27. The van der Waals surface area contributed by atoms with Gasteiger partial charge in [0.25, 0.3) is 0 Å². The van der Waals surface area contributed by atoms with E-state index in [1.54, 1.807) is 24.3 Å². The highest BCUT2D eigenvalue weighted by atomic mass is 16.3. The van der Waals surface area contributed by atoms with Gasteiger partial charge in [-0.25, -0.2) is 0 Å². The number of carbonyl (C=O) groups is 3. The Morgan fingerprint density at radius 1 is 0.949 bits per heavy atom. The van der Waals surface area contributed by atoms with Crippen LogP contribution in [0.4, 0.5) is 0 Å². The van der Waals surface area contributed by atoms with Gasteiger partial charge in [-0.1, -0.05) is 12.1 Å². The molecule has 2 aromatic rings. The smallest absolute Gasteiger partial charge is 0.243 e. The summed E-state index contributed by atoms with van der Waals surface area (Å²) in [6.07, 6.45) is 0.860. The van der Waals surface area contributed by atoms with Crippen LogP contribution in [-0.4, -0.2) is 76.9 Å². The maximum Gasteiger partial charge on any atom is 0.243 e. The van der Waals surface area contributed by atoms with Crippen molar-refractivity contribution < 1.29 is 29.7 Å². The summed E-state index contributed by atoms with van der Waals surface area (Å²) in [6.45, 7) is 0.155.